The molecular weight excluding hydrogens is 452 g/mol. The Labute approximate surface area is 230 Å². The Bertz CT molecular complexity index is 485. The van der Waals surface area contributed by atoms with Crippen molar-refractivity contribution in [1.29, 1.82) is 0 Å². The molecule has 0 aliphatic heterocycles. The summed E-state index contributed by atoms with van der Waals surface area (Å²) in [5.74, 6) is -2.17. The van der Waals surface area contributed by atoms with Crippen LogP contribution in [0.5, 0.6) is 0 Å². The first-order valence-corrected chi connectivity index (χ1v) is 12.0. The molecule has 0 bridgehead atoms. The van der Waals surface area contributed by atoms with E-state index in [-0.39, 0.29) is 75.5 Å². The van der Waals surface area contributed by atoms with Gasteiger partial charge in [0.15, 0.2) is 0 Å². The minimum Gasteiger partial charge on any atom is -0.550 e. The Balaban J connectivity index is -0.000000529. The number of hydrogen-bond acceptors (Lipinski definition) is 6. The van der Waals surface area contributed by atoms with Crippen LogP contribution in [0.25, 0.3) is 0 Å². The fraction of sp³-hybridized carbons (Fsp3) is 0.833. The van der Waals surface area contributed by atoms with Gasteiger partial charge in [-0.05, 0) is 12.8 Å². The molecule has 0 spiro atoms. The number of aliphatic carboxylic acids is 2. The molecule has 0 aromatic carbocycles. The van der Waals surface area contributed by atoms with Gasteiger partial charge in [-0.3, -0.25) is 9.59 Å². The Morgan fingerprint density at radius 2 is 0.848 bits per heavy atom. The molecule has 0 aromatic heterocycles. The molecule has 8 nitrogen and oxygen atoms in total. The number of carbonyl (C=O) groups is 4. The largest absolute Gasteiger partial charge is 2.00 e. The van der Waals surface area contributed by atoms with Gasteiger partial charge in [0, 0.05) is 64.8 Å². The maximum absolute atomic E-state index is 11.5. The van der Waals surface area contributed by atoms with Crippen LogP contribution in [0.2, 0.25) is 0 Å². The third-order valence-corrected chi connectivity index (χ3v) is 5.14. The van der Waals surface area contributed by atoms with Gasteiger partial charge >= 0.3 is 37.7 Å². The van der Waals surface area contributed by atoms with Crippen LogP contribution in [0, 0.1) is 0 Å². The Kier molecular flexibility index (Phi) is 28.6. The van der Waals surface area contributed by atoms with Gasteiger partial charge in [0.05, 0.1) is 0 Å². The van der Waals surface area contributed by atoms with E-state index in [9.17, 15) is 29.4 Å². The van der Waals surface area contributed by atoms with E-state index in [1.165, 1.54) is 48.3 Å². The summed E-state index contributed by atoms with van der Waals surface area (Å²) in [6.07, 6.45) is 12.0. The minimum atomic E-state index is -1.11. The first kappa shape index (κ1) is 36.7. The van der Waals surface area contributed by atoms with Crippen molar-refractivity contribution >= 4 is 61.5 Å². The third kappa shape index (κ3) is 27.3. The molecule has 0 atom stereocenters. The smallest absolute Gasteiger partial charge is 0.550 e. The van der Waals surface area contributed by atoms with Crippen LogP contribution in [0.3, 0.4) is 0 Å². The fourth-order valence-electron chi connectivity index (χ4n) is 2.91. The van der Waals surface area contributed by atoms with Gasteiger partial charge < -0.3 is 29.6 Å². The summed E-state index contributed by atoms with van der Waals surface area (Å²) in [6.45, 7) is 4.80. The molecule has 0 unspecified atom stereocenters. The normalized spacial score (nSPS) is 9.82. The summed E-state index contributed by atoms with van der Waals surface area (Å²) in [5.41, 5.74) is 0. The Hall–Kier alpha value is -0.860. The first-order chi connectivity index (χ1) is 15.1. The molecule has 0 aliphatic rings. The zero-order valence-electron chi connectivity index (χ0n) is 21.4. The number of hydrogen-bond donors (Lipinski definition) is 0. The van der Waals surface area contributed by atoms with Crippen LogP contribution in [0.1, 0.15) is 104 Å². The molecule has 33 heavy (non-hydrogen) atoms. The van der Waals surface area contributed by atoms with E-state index in [0.717, 1.165) is 25.7 Å². The number of unbranched alkanes of at least 4 members (excludes halogenated alkanes) is 8. The summed E-state index contributed by atoms with van der Waals surface area (Å²) in [6, 6.07) is 0. The molecule has 0 saturated heterocycles. The Morgan fingerprint density at radius 1 is 0.545 bits per heavy atom. The summed E-state index contributed by atoms with van der Waals surface area (Å²) in [7, 11) is 3.27. The third-order valence-electron chi connectivity index (χ3n) is 5.14. The summed E-state index contributed by atoms with van der Waals surface area (Å²) in [4.78, 5) is 46.4. The predicted octanol–water partition coefficient (Wildman–Crippen LogP) is 1.51. The van der Waals surface area contributed by atoms with Crippen LogP contribution in [0.15, 0.2) is 0 Å². The summed E-state index contributed by atoms with van der Waals surface area (Å²) in [5, 5.41) is 20.4. The number of rotatable bonds is 18. The monoisotopic (exact) mass is 496 g/mol. The molecule has 2 amide bonds. The van der Waals surface area contributed by atoms with Crippen molar-refractivity contribution in [2.24, 2.45) is 0 Å². The van der Waals surface area contributed by atoms with Crippen molar-refractivity contribution in [1.82, 2.24) is 9.80 Å². The van der Waals surface area contributed by atoms with Crippen LogP contribution >= 0.6 is 0 Å². The second-order valence-electron chi connectivity index (χ2n) is 8.20. The van der Waals surface area contributed by atoms with Gasteiger partial charge in [-0.15, -0.1) is 0 Å². The van der Waals surface area contributed by atoms with Crippen molar-refractivity contribution < 1.29 is 29.4 Å². The number of nitrogens with zero attached hydrogens (tertiary/aromatic N) is 2. The van der Waals surface area contributed by atoms with Gasteiger partial charge in [0.1, 0.15) is 0 Å². The van der Waals surface area contributed by atoms with Crippen LogP contribution in [-0.2, 0) is 19.2 Å². The van der Waals surface area contributed by atoms with Crippen LogP contribution in [0.4, 0.5) is 0 Å². The van der Waals surface area contributed by atoms with E-state index in [1.54, 1.807) is 14.1 Å². The standard InChI is InChI=1S/2C12H23NO3.Ca/c2*1-3-4-5-6-7-8-11(14)13(2)10-9-12(15)16;/h2*3-10H2,1-2H3,(H,15,16);/q;;+2/p-2. The Morgan fingerprint density at radius 3 is 1.12 bits per heavy atom. The molecule has 0 fully saturated rings. The zero-order valence-corrected chi connectivity index (χ0v) is 23.6. The maximum atomic E-state index is 11.5. The van der Waals surface area contributed by atoms with Gasteiger partial charge in [-0.25, -0.2) is 0 Å². The number of carboxylic acids is 2. The summed E-state index contributed by atoms with van der Waals surface area (Å²) < 4.78 is 0. The molecule has 0 radical (unpaired) electrons. The molecule has 188 valence electrons. The average Bonchev–Trinajstić information content (AvgIpc) is 2.75. The molecule has 0 aromatic rings. The van der Waals surface area contributed by atoms with Crippen LogP contribution < -0.4 is 10.2 Å². The van der Waals surface area contributed by atoms with E-state index in [0.29, 0.717) is 12.8 Å². The van der Waals surface area contributed by atoms with Gasteiger partial charge in [-0.2, -0.15) is 0 Å². The topological polar surface area (TPSA) is 121 Å². The van der Waals surface area contributed by atoms with E-state index < -0.39 is 11.9 Å². The van der Waals surface area contributed by atoms with Crippen LogP contribution in [-0.4, -0.2) is 98.5 Å². The van der Waals surface area contributed by atoms with Crippen molar-refractivity contribution in [2.45, 2.75) is 104 Å². The van der Waals surface area contributed by atoms with E-state index in [1.807, 2.05) is 0 Å². The van der Waals surface area contributed by atoms with Crippen molar-refractivity contribution in [2.75, 3.05) is 27.2 Å². The molecular formula is C24H44CaN2O6. The van der Waals surface area contributed by atoms with Crippen molar-refractivity contribution in [3.05, 3.63) is 0 Å². The predicted molar refractivity (Wildman–Crippen MR) is 127 cm³/mol. The van der Waals surface area contributed by atoms with E-state index in [4.69, 9.17) is 0 Å². The van der Waals surface area contributed by atoms with Crippen molar-refractivity contribution in [3.63, 3.8) is 0 Å². The van der Waals surface area contributed by atoms with E-state index in [2.05, 4.69) is 13.8 Å². The molecule has 0 heterocycles. The first-order valence-electron chi connectivity index (χ1n) is 12.0. The quantitative estimate of drug-likeness (QED) is 0.209. The summed E-state index contributed by atoms with van der Waals surface area (Å²) >= 11 is 0. The number of amides is 2. The average molecular weight is 497 g/mol. The van der Waals surface area contributed by atoms with Gasteiger partial charge in [-0.1, -0.05) is 65.2 Å². The van der Waals surface area contributed by atoms with E-state index >= 15 is 0 Å². The molecule has 0 N–H and O–H groups in total. The molecule has 9 heteroatoms. The molecule has 0 saturated carbocycles. The second kappa shape index (κ2) is 25.8. The minimum absolute atomic E-state index is 0. The van der Waals surface area contributed by atoms with Gasteiger partial charge in [0.25, 0.3) is 0 Å². The maximum Gasteiger partial charge on any atom is 2.00 e. The number of carboxylic acid groups (broad SMARTS) is 2. The fourth-order valence-corrected chi connectivity index (χ4v) is 2.91. The second-order valence-corrected chi connectivity index (χ2v) is 8.20. The SMILES string of the molecule is CCCCCCCC(=O)N(C)CCC(=O)[O-].CCCCCCCC(=O)N(C)CCC(=O)[O-].[Ca+2]. The number of carbonyl (C=O) groups excluding carboxylic acids is 4. The molecule has 0 aliphatic carbocycles. The molecule has 0 rings (SSSR count). The van der Waals surface area contributed by atoms with Gasteiger partial charge in [0.2, 0.25) is 11.8 Å². The zero-order chi connectivity index (χ0) is 24.8. The van der Waals surface area contributed by atoms with Crippen molar-refractivity contribution in [3.8, 4) is 0 Å².